The first kappa shape index (κ1) is 35.0. The molecule has 1 aromatic rings. The van der Waals surface area contributed by atoms with Gasteiger partial charge < -0.3 is 41.2 Å². The van der Waals surface area contributed by atoms with Gasteiger partial charge in [0.1, 0.15) is 19.4 Å². The Balaban J connectivity index is 1.69. The van der Waals surface area contributed by atoms with Crippen molar-refractivity contribution in [3.63, 3.8) is 0 Å². The summed E-state index contributed by atoms with van der Waals surface area (Å²) >= 11 is 0. The average molecular weight is 619 g/mol. The van der Waals surface area contributed by atoms with Crippen molar-refractivity contribution >= 4 is 47.3 Å². The monoisotopic (exact) mass is 618 g/mol. The molecule has 0 aliphatic carbocycles. The number of carbonyl (C=O) groups excluding carboxylic acids is 7. The van der Waals surface area contributed by atoms with Crippen molar-refractivity contribution in [3.8, 4) is 0 Å². The van der Waals surface area contributed by atoms with Gasteiger partial charge in [-0.15, -0.1) is 0 Å². The van der Waals surface area contributed by atoms with Crippen LogP contribution in [0.5, 0.6) is 0 Å². The molecule has 0 saturated heterocycles. The van der Waals surface area contributed by atoms with Crippen molar-refractivity contribution in [1.82, 2.24) is 31.5 Å². The highest BCUT2D eigenvalue weighted by Gasteiger charge is 2.23. The number of carboxylic acid groups (broad SMARTS) is 1. The van der Waals surface area contributed by atoms with Gasteiger partial charge >= 0.3 is 5.97 Å². The number of ether oxygens (including phenoxy) is 2. The molecular weight excluding hydrogens is 584 g/mol. The van der Waals surface area contributed by atoms with Crippen LogP contribution in [0.15, 0.2) is 42.5 Å². The number of amides is 7. The second-order valence-corrected chi connectivity index (χ2v) is 9.09. The maximum absolute atomic E-state index is 12.8. The molecule has 2 rings (SSSR count). The number of hydrogen-bond acceptors (Lipinski definition) is 10. The lowest BCUT2D eigenvalue weighted by atomic mass is 10.1. The second kappa shape index (κ2) is 19.1. The highest BCUT2D eigenvalue weighted by Crippen LogP contribution is 2.04. The van der Waals surface area contributed by atoms with Gasteiger partial charge in [-0.1, -0.05) is 30.3 Å². The van der Waals surface area contributed by atoms with Crippen LogP contribution in [0.1, 0.15) is 12.0 Å². The maximum atomic E-state index is 12.8. The Hall–Kier alpha value is -5.16. The summed E-state index contributed by atoms with van der Waals surface area (Å²) < 4.78 is 9.93. The smallest absolute Gasteiger partial charge is 0.329 e. The largest absolute Gasteiger partial charge is 0.480 e. The van der Waals surface area contributed by atoms with Crippen molar-refractivity contribution in [1.29, 1.82) is 0 Å². The molecule has 17 nitrogen and oxygen atoms in total. The number of carbonyl (C=O) groups is 8. The molecule has 1 aromatic carbocycles. The molecule has 0 aromatic heterocycles. The van der Waals surface area contributed by atoms with Crippen molar-refractivity contribution in [2.24, 2.45) is 0 Å². The summed E-state index contributed by atoms with van der Waals surface area (Å²) in [6.07, 6.45) is 2.30. The van der Waals surface area contributed by atoms with Crippen molar-refractivity contribution in [3.05, 3.63) is 48.0 Å². The van der Waals surface area contributed by atoms with E-state index in [1.165, 1.54) is 0 Å². The fourth-order valence-corrected chi connectivity index (χ4v) is 3.51. The number of nitrogens with one attached hydrogen (secondary N) is 5. The predicted octanol–water partition coefficient (Wildman–Crippen LogP) is -3.43. The molecule has 0 radical (unpaired) electrons. The molecule has 0 saturated carbocycles. The minimum Gasteiger partial charge on any atom is -0.480 e. The Bertz CT molecular complexity index is 1220. The summed E-state index contributed by atoms with van der Waals surface area (Å²) in [4.78, 5) is 95.5. The number of aliphatic carboxylic acids is 1. The first-order valence-electron chi connectivity index (χ1n) is 13.4. The van der Waals surface area contributed by atoms with E-state index >= 15 is 0 Å². The van der Waals surface area contributed by atoms with E-state index in [-0.39, 0.29) is 39.3 Å². The molecule has 17 heteroatoms. The third-order valence-corrected chi connectivity index (χ3v) is 5.68. The van der Waals surface area contributed by atoms with Gasteiger partial charge in [0, 0.05) is 25.0 Å². The molecule has 7 amide bonds. The predicted molar refractivity (Wildman–Crippen MR) is 149 cm³/mol. The Morgan fingerprint density at radius 1 is 0.750 bits per heavy atom. The van der Waals surface area contributed by atoms with Gasteiger partial charge in [0.2, 0.25) is 29.5 Å². The van der Waals surface area contributed by atoms with E-state index in [1.807, 2.05) is 0 Å². The number of carboxylic acids is 1. The summed E-state index contributed by atoms with van der Waals surface area (Å²) in [5.74, 6) is -5.29. The number of rotatable bonds is 20. The first-order valence-corrected chi connectivity index (χ1v) is 13.4. The van der Waals surface area contributed by atoms with Crippen LogP contribution >= 0.6 is 0 Å². The molecule has 1 atom stereocenters. The lowest BCUT2D eigenvalue weighted by Crippen LogP contribution is -2.52. The fraction of sp³-hybridized carbons (Fsp3) is 0.407. The van der Waals surface area contributed by atoms with Gasteiger partial charge in [0.05, 0.1) is 39.4 Å². The van der Waals surface area contributed by atoms with Crippen molar-refractivity contribution in [2.45, 2.75) is 18.9 Å². The zero-order valence-electron chi connectivity index (χ0n) is 23.7. The molecular formula is C27H34N6O11. The third-order valence-electron chi connectivity index (χ3n) is 5.68. The number of hydrogen-bond donors (Lipinski definition) is 6. The van der Waals surface area contributed by atoms with E-state index in [0.29, 0.717) is 5.56 Å². The molecule has 1 aliphatic rings. The first-order chi connectivity index (χ1) is 21.0. The molecule has 0 unspecified atom stereocenters. The lowest BCUT2D eigenvalue weighted by molar-refractivity contribution is -0.143. The summed E-state index contributed by atoms with van der Waals surface area (Å²) in [5.41, 5.74) is 0.713. The molecule has 44 heavy (non-hydrogen) atoms. The van der Waals surface area contributed by atoms with E-state index in [9.17, 15) is 38.4 Å². The Labute approximate surface area is 251 Å². The van der Waals surface area contributed by atoms with Crippen LogP contribution in [0.25, 0.3) is 0 Å². The quantitative estimate of drug-likeness (QED) is 0.0478. The molecule has 0 spiro atoms. The zero-order chi connectivity index (χ0) is 32.3. The minimum atomic E-state index is -1.21. The summed E-state index contributed by atoms with van der Waals surface area (Å²) in [5, 5.41) is 20.4. The maximum Gasteiger partial charge on any atom is 0.329 e. The SMILES string of the molecule is O=C(O)COCNC(=O)CNC(=O)[C@H](Cc1ccccc1)NC(=O)CNC(=O)CNC(=O)CCOCCN1C(=O)C=CC1=O. The van der Waals surface area contributed by atoms with E-state index < -0.39 is 79.6 Å². The number of nitrogens with zero attached hydrogens (tertiary/aromatic N) is 1. The highest BCUT2D eigenvalue weighted by atomic mass is 16.5. The van der Waals surface area contributed by atoms with Gasteiger partial charge in [0.25, 0.3) is 11.8 Å². The van der Waals surface area contributed by atoms with Gasteiger partial charge in [0.15, 0.2) is 0 Å². The summed E-state index contributed by atoms with van der Waals surface area (Å²) in [6.45, 7) is -2.29. The Morgan fingerprint density at radius 2 is 1.36 bits per heavy atom. The topological polar surface area (TPSA) is 239 Å². The van der Waals surface area contributed by atoms with Crippen LogP contribution in [0.3, 0.4) is 0 Å². The highest BCUT2D eigenvalue weighted by molar-refractivity contribution is 6.12. The zero-order valence-corrected chi connectivity index (χ0v) is 23.7. The second-order valence-electron chi connectivity index (χ2n) is 9.09. The van der Waals surface area contributed by atoms with Gasteiger partial charge in [-0.3, -0.25) is 38.5 Å². The van der Waals surface area contributed by atoms with Crippen LogP contribution < -0.4 is 26.6 Å². The normalized spacial score (nSPS) is 12.8. The van der Waals surface area contributed by atoms with E-state index in [1.54, 1.807) is 30.3 Å². The van der Waals surface area contributed by atoms with Gasteiger partial charge in [-0.2, -0.15) is 0 Å². The molecule has 1 aliphatic heterocycles. The number of imide groups is 1. The standard InChI is InChI=1S/C27H34N6O11/c34-20(8-10-43-11-9-33-24(38)6-7-25(33)39)28-13-21(35)29-15-23(37)32-19(12-18-4-2-1-3-5-18)27(42)30-14-22(36)31-17-44-16-26(40)41/h1-7,19H,8-17H2,(H,28,34)(H,29,35)(H,30,42)(H,31,36)(H,32,37)(H,40,41)/t19-/m0/s1. The third kappa shape index (κ3) is 14.1. The van der Waals surface area contributed by atoms with Gasteiger partial charge in [-0.25, -0.2) is 4.79 Å². The van der Waals surface area contributed by atoms with Crippen molar-refractivity contribution in [2.75, 3.05) is 52.7 Å². The van der Waals surface area contributed by atoms with Crippen LogP contribution in [0.2, 0.25) is 0 Å². The fourth-order valence-electron chi connectivity index (χ4n) is 3.51. The van der Waals surface area contributed by atoms with Crippen molar-refractivity contribution < 1.29 is 52.9 Å². The van der Waals surface area contributed by atoms with E-state index in [4.69, 9.17) is 9.84 Å². The molecule has 0 bridgehead atoms. The van der Waals surface area contributed by atoms with Crippen LogP contribution in [0.4, 0.5) is 0 Å². The van der Waals surface area contributed by atoms with E-state index in [0.717, 1.165) is 17.1 Å². The Kier molecular flexibility index (Phi) is 15.2. The molecule has 1 heterocycles. The van der Waals surface area contributed by atoms with Gasteiger partial charge in [-0.05, 0) is 5.56 Å². The minimum absolute atomic E-state index is 0.00939. The summed E-state index contributed by atoms with van der Waals surface area (Å²) in [7, 11) is 0. The molecule has 0 fully saturated rings. The number of benzene rings is 1. The van der Waals surface area contributed by atoms with Crippen LogP contribution in [0, 0.1) is 0 Å². The Morgan fingerprint density at radius 3 is 2.05 bits per heavy atom. The molecule has 6 N–H and O–H groups in total. The molecule has 238 valence electrons. The van der Waals surface area contributed by atoms with Crippen LogP contribution in [-0.4, -0.2) is 116 Å². The summed E-state index contributed by atoms with van der Waals surface area (Å²) in [6, 6.07) is 7.63. The average Bonchev–Trinajstić information content (AvgIpc) is 3.32. The van der Waals surface area contributed by atoms with E-state index in [2.05, 4.69) is 31.3 Å². The van der Waals surface area contributed by atoms with Crippen LogP contribution in [-0.2, 0) is 54.3 Å². The lowest BCUT2D eigenvalue weighted by Gasteiger charge is -2.19.